The minimum atomic E-state index is 0.417. The highest BCUT2D eigenvalue weighted by atomic mass is 79.9. The van der Waals surface area contributed by atoms with E-state index in [9.17, 15) is 0 Å². The first-order valence-electron chi connectivity index (χ1n) is 5.64. The van der Waals surface area contributed by atoms with Gasteiger partial charge in [-0.1, -0.05) is 6.07 Å². The van der Waals surface area contributed by atoms with E-state index < -0.39 is 0 Å². The van der Waals surface area contributed by atoms with Crippen LogP contribution >= 0.6 is 31.9 Å². The van der Waals surface area contributed by atoms with E-state index in [-0.39, 0.29) is 0 Å². The zero-order valence-electron chi connectivity index (χ0n) is 10.1. The lowest BCUT2D eigenvalue weighted by molar-refractivity contribution is 1.06. The summed E-state index contributed by atoms with van der Waals surface area (Å²) in [4.78, 5) is 8.88. The van der Waals surface area contributed by atoms with Crippen molar-refractivity contribution in [1.82, 2.24) is 14.5 Å². The number of anilines is 1. The molecule has 2 heterocycles. The SMILES string of the molecule is Cc1ccc2nc(N)n(-c3c(Br)cccc3Br)c2n1. The van der Waals surface area contributed by atoms with Crippen LogP contribution in [0.4, 0.5) is 5.95 Å². The summed E-state index contributed by atoms with van der Waals surface area (Å²) >= 11 is 7.09. The Labute approximate surface area is 126 Å². The van der Waals surface area contributed by atoms with Crippen LogP contribution in [0.5, 0.6) is 0 Å². The molecule has 2 aromatic heterocycles. The molecule has 0 fully saturated rings. The van der Waals surface area contributed by atoms with Gasteiger partial charge in [0.2, 0.25) is 5.95 Å². The molecule has 3 rings (SSSR count). The van der Waals surface area contributed by atoms with Crippen molar-refractivity contribution in [3.63, 3.8) is 0 Å². The summed E-state index contributed by atoms with van der Waals surface area (Å²) in [6.07, 6.45) is 0. The summed E-state index contributed by atoms with van der Waals surface area (Å²) in [7, 11) is 0. The zero-order chi connectivity index (χ0) is 13.6. The smallest absolute Gasteiger partial charge is 0.207 e. The molecule has 0 spiro atoms. The molecule has 0 bridgehead atoms. The fourth-order valence-corrected chi connectivity index (χ4v) is 3.35. The number of fused-ring (bicyclic) bond motifs is 1. The highest BCUT2D eigenvalue weighted by Gasteiger charge is 2.16. The summed E-state index contributed by atoms with van der Waals surface area (Å²) in [6.45, 7) is 1.95. The molecule has 0 saturated carbocycles. The molecule has 0 saturated heterocycles. The van der Waals surface area contributed by atoms with Crippen molar-refractivity contribution in [2.45, 2.75) is 6.92 Å². The lowest BCUT2D eigenvalue weighted by Gasteiger charge is -2.10. The minimum Gasteiger partial charge on any atom is -0.369 e. The highest BCUT2D eigenvalue weighted by molar-refractivity contribution is 9.11. The Morgan fingerprint density at radius 3 is 2.42 bits per heavy atom. The van der Waals surface area contributed by atoms with Crippen LogP contribution in [-0.2, 0) is 0 Å². The lowest BCUT2D eigenvalue weighted by Crippen LogP contribution is -2.03. The average molecular weight is 382 g/mol. The number of aryl methyl sites for hydroxylation is 1. The van der Waals surface area contributed by atoms with Gasteiger partial charge >= 0.3 is 0 Å². The quantitative estimate of drug-likeness (QED) is 0.696. The van der Waals surface area contributed by atoms with Crippen molar-refractivity contribution in [3.8, 4) is 5.69 Å². The average Bonchev–Trinajstić information content (AvgIpc) is 2.66. The van der Waals surface area contributed by atoms with Gasteiger partial charge in [0.05, 0.1) is 5.69 Å². The third-order valence-electron chi connectivity index (χ3n) is 2.83. The van der Waals surface area contributed by atoms with Crippen LogP contribution in [0.2, 0.25) is 0 Å². The summed E-state index contributed by atoms with van der Waals surface area (Å²) in [5, 5.41) is 0. The van der Waals surface area contributed by atoms with Crippen LogP contribution in [0.1, 0.15) is 5.69 Å². The Hall–Kier alpha value is -1.40. The van der Waals surface area contributed by atoms with E-state index >= 15 is 0 Å². The summed E-state index contributed by atoms with van der Waals surface area (Å²) in [5.41, 5.74) is 9.41. The first-order valence-corrected chi connectivity index (χ1v) is 7.22. The molecule has 0 amide bonds. The van der Waals surface area contributed by atoms with Crippen molar-refractivity contribution in [2.75, 3.05) is 5.73 Å². The molecule has 0 atom stereocenters. The number of hydrogen-bond donors (Lipinski definition) is 1. The van der Waals surface area contributed by atoms with Gasteiger partial charge in [0.15, 0.2) is 5.65 Å². The largest absolute Gasteiger partial charge is 0.369 e. The van der Waals surface area contributed by atoms with Gasteiger partial charge in [-0.3, -0.25) is 4.57 Å². The molecule has 3 aromatic rings. The first kappa shape index (κ1) is 12.6. The van der Waals surface area contributed by atoms with Crippen molar-refractivity contribution in [3.05, 3.63) is 45.0 Å². The molecule has 0 aliphatic carbocycles. The topological polar surface area (TPSA) is 56.7 Å². The Morgan fingerprint density at radius 1 is 1.05 bits per heavy atom. The summed E-state index contributed by atoms with van der Waals surface area (Å²) in [5.74, 6) is 0.417. The number of nitrogen functional groups attached to an aromatic ring is 1. The number of aromatic nitrogens is 3. The number of nitrogens with two attached hydrogens (primary N) is 1. The molecule has 0 aliphatic heterocycles. The Bertz CT molecular complexity index is 759. The van der Waals surface area contributed by atoms with E-state index in [1.54, 1.807) is 0 Å². The van der Waals surface area contributed by atoms with Crippen LogP contribution in [0.3, 0.4) is 0 Å². The number of nitrogens with zero attached hydrogens (tertiary/aromatic N) is 3. The molecular formula is C13H10Br2N4. The van der Waals surface area contributed by atoms with E-state index in [1.165, 1.54) is 0 Å². The third-order valence-corrected chi connectivity index (χ3v) is 4.11. The summed E-state index contributed by atoms with van der Waals surface area (Å²) < 4.78 is 3.70. The Balaban J connectivity index is 2.42. The predicted octanol–water partition coefficient (Wildman–Crippen LogP) is 3.84. The van der Waals surface area contributed by atoms with Crippen molar-refractivity contribution in [1.29, 1.82) is 0 Å². The molecule has 1 aromatic carbocycles. The zero-order valence-corrected chi connectivity index (χ0v) is 13.2. The molecular weight excluding hydrogens is 372 g/mol. The van der Waals surface area contributed by atoms with Gasteiger partial charge in [-0.25, -0.2) is 9.97 Å². The monoisotopic (exact) mass is 380 g/mol. The lowest BCUT2D eigenvalue weighted by atomic mass is 10.3. The number of benzene rings is 1. The Kier molecular flexibility index (Phi) is 3.06. The highest BCUT2D eigenvalue weighted by Crippen LogP contribution is 2.33. The van der Waals surface area contributed by atoms with Gasteiger partial charge in [-0.05, 0) is 63.0 Å². The normalized spacial score (nSPS) is 11.1. The molecule has 19 heavy (non-hydrogen) atoms. The van der Waals surface area contributed by atoms with E-state index in [0.717, 1.165) is 31.5 Å². The maximum atomic E-state index is 6.04. The van der Waals surface area contributed by atoms with Crippen LogP contribution in [0.25, 0.3) is 16.9 Å². The summed E-state index contributed by atoms with van der Waals surface area (Å²) in [6, 6.07) is 9.72. The third kappa shape index (κ3) is 2.04. The molecule has 2 N–H and O–H groups in total. The molecule has 0 unspecified atom stereocenters. The van der Waals surface area contributed by atoms with Gasteiger partial charge in [0.25, 0.3) is 0 Å². The van der Waals surface area contributed by atoms with Gasteiger partial charge in [0, 0.05) is 14.6 Å². The number of imidazole rings is 1. The number of halogens is 2. The number of hydrogen-bond acceptors (Lipinski definition) is 3. The number of para-hydroxylation sites is 1. The number of rotatable bonds is 1. The van der Waals surface area contributed by atoms with Gasteiger partial charge in [0.1, 0.15) is 5.52 Å². The van der Waals surface area contributed by atoms with Crippen LogP contribution in [-0.4, -0.2) is 14.5 Å². The van der Waals surface area contributed by atoms with Crippen LogP contribution in [0, 0.1) is 6.92 Å². The predicted molar refractivity (Wildman–Crippen MR) is 83.4 cm³/mol. The first-order chi connectivity index (χ1) is 9.08. The molecule has 96 valence electrons. The second-order valence-corrected chi connectivity index (χ2v) is 5.88. The maximum absolute atomic E-state index is 6.04. The van der Waals surface area contributed by atoms with Gasteiger partial charge < -0.3 is 5.73 Å². The van der Waals surface area contributed by atoms with Gasteiger partial charge in [-0.15, -0.1) is 0 Å². The van der Waals surface area contributed by atoms with Crippen molar-refractivity contribution >= 4 is 49.0 Å². The fourth-order valence-electron chi connectivity index (χ4n) is 1.99. The number of pyridine rings is 1. The Morgan fingerprint density at radius 2 is 1.74 bits per heavy atom. The maximum Gasteiger partial charge on any atom is 0.207 e. The fraction of sp³-hybridized carbons (Fsp3) is 0.0769. The standard InChI is InChI=1S/C13H10Br2N4/c1-7-5-6-10-12(17-7)19(13(16)18-10)11-8(14)3-2-4-9(11)15/h2-6H,1H3,(H2,16,18). The van der Waals surface area contributed by atoms with E-state index in [4.69, 9.17) is 5.73 Å². The second kappa shape index (κ2) is 4.61. The molecule has 0 radical (unpaired) electrons. The van der Waals surface area contributed by atoms with Crippen LogP contribution < -0.4 is 5.73 Å². The van der Waals surface area contributed by atoms with Crippen molar-refractivity contribution < 1.29 is 0 Å². The molecule has 4 nitrogen and oxygen atoms in total. The minimum absolute atomic E-state index is 0.417. The van der Waals surface area contributed by atoms with Gasteiger partial charge in [-0.2, -0.15) is 0 Å². The second-order valence-electron chi connectivity index (χ2n) is 4.17. The van der Waals surface area contributed by atoms with E-state index in [2.05, 4.69) is 41.8 Å². The van der Waals surface area contributed by atoms with E-state index in [0.29, 0.717) is 5.95 Å². The van der Waals surface area contributed by atoms with Crippen molar-refractivity contribution in [2.24, 2.45) is 0 Å². The van der Waals surface area contributed by atoms with Crippen LogP contribution in [0.15, 0.2) is 39.3 Å². The molecule has 6 heteroatoms. The van der Waals surface area contributed by atoms with E-state index in [1.807, 2.05) is 41.8 Å². The molecule has 0 aliphatic rings.